The molecule has 0 aliphatic heterocycles. The molecule has 0 bridgehead atoms. The Balaban J connectivity index is 1.49. The number of aromatic nitrogens is 1. The number of nitrogens with one attached hydrogen (secondary N) is 1. The SMILES string of the molecule is COc1ccc(S(=O)(=O)Nc2ccccc2C(=O)OCc2coc(-c3ccccc3)n2)cc1OC. The van der Waals surface area contributed by atoms with Gasteiger partial charge in [0.15, 0.2) is 11.5 Å². The van der Waals surface area contributed by atoms with E-state index in [1.807, 2.05) is 30.3 Å². The van der Waals surface area contributed by atoms with Crippen LogP contribution in [0.5, 0.6) is 11.5 Å². The number of anilines is 1. The van der Waals surface area contributed by atoms with Crippen LogP contribution in [0.4, 0.5) is 5.69 Å². The van der Waals surface area contributed by atoms with Gasteiger partial charge in [-0.05, 0) is 36.4 Å². The van der Waals surface area contributed by atoms with Gasteiger partial charge in [0.25, 0.3) is 10.0 Å². The summed E-state index contributed by atoms with van der Waals surface area (Å²) in [5, 5.41) is 0. The van der Waals surface area contributed by atoms with Crippen molar-refractivity contribution >= 4 is 21.7 Å². The summed E-state index contributed by atoms with van der Waals surface area (Å²) in [7, 11) is -1.18. The van der Waals surface area contributed by atoms with E-state index in [2.05, 4.69) is 9.71 Å². The van der Waals surface area contributed by atoms with Crippen LogP contribution in [-0.2, 0) is 21.4 Å². The lowest BCUT2D eigenvalue weighted by atomic mass is 10.2. The van der Waals surface area contributed by atoms with E-state index < -0.39 is 16.0 Å². The third-order valence-electron chi connectivity index (χ3n) is 4.98. The second-order valence-electron chi connectivity index (χ2n) is 7.25. The van der Waals surface area contributed by atoms with Crippen LogP contribution in [0.15, 0.2) is 88.4 Å². The molecule has 0 aliphatic carbocycles. The first-order valence-corrected chi connectivity index (χ1v) is 11.9. The highest BCUT2D eigenvalue weighted by Gasteiger charge is 2.21. The van der Waals surface area contributed by atoms with Crippen LogP contribution in [0.3, 0.4) is 0 Å². The van der Waals surface area contributed by atoms with Crippen molar-refractivity contribution < 1.29 is 31.8 Å². The van der Waals surface area contributed by atoms with Crippen molar-refractivity contribution in [3.05, 3.63) is 90.3 Å². The molecule has 0 saturated carbocycles. The number of hydrogen-bond acceptors (Lipinski definition) is 8. The Bertz CT molecular complexity index is 1430. The van der Waals surface area contributed by atoms with Crippen LogP contribution in [0.1, 0.15) is 16.1 Å². The number of para-hydroxylation sites is 1. The van der Waals surface area contributed by atoms with E-state index in [4.69, 9.17) is 18.6 Å². The number of nitrogens with zero attached hydrogens (tertiary/aromatic N) is 1. The molecule has 0 fully saturated rings. The van der Waals surface area contributed by atoms with E-state index in [-0.39, 0.29) is 28.5 Å². The molecule has 0 radical (unpaired) electrons. The van der Waals surface area contributed by atoms with Crippen molar-refractivity contribution in [3.8, 4) is 23.0 Å². The number of benzene rings is 3. The molecule has 1 N–H and O–H groups in total. The molecule has 0 atom stereocenters. The van der Waals surface area contributed by atoms with E-state index in [0.717, 1.165) is 5.56 Å². The summed E-state index contributed by atoms with van der Waals surface area (Å²) in [6.45, 7) is -0.147. The largest absolute Gasteiger partial charge is 0.493 e. The average molecular weight is 495 g/mol. The van der Waals surface area contributed by atoms with Crippen LogP contribution >= 0.6 is 0 Å². The van der Waals surface area contributed by atoms with Crippen LogP contribution in [-0.4, -0.2) is 33.6 Å². The lowest BCUT2D eigenvalue weighted by molar-refractivity contribution is 0.0469. The zero-order chi connectivity index (χ0) is 24.8. The smallest absolute Gasteiger partial charge is 0.340 e. The van der Waals surface area contributed by atoms with Crippen LogP contribution in [0, 0.1) is 0 Å². The third-order valence-corrected chi connectivity index (χ3v) is 6.34. The number of carbonyl (C=O) groups excluding carboxylic acids is 1. The van der Waals surface area contributed by atoms with Gasteiger partial charge in [-0.15, -0.1) is 0 Å². The molecule has 0 spiro atoms. The molecule has 1 aromatic heterocycles. The zero-order valence-corrected chi connectivity index (χ0v) is 19.7. The summed E-state index contributed by atoms with van der Waals surface area (Å²) >= 11 is 0. The van der Waals surface area contributed by atoms with E-state index in [9.17, 15) is 13.2 Å². The normalized spacial score (nSPS) is 11.0. The van der Waals surface area contributed by atoms with Crippen molar-refractivity contribution in [2.75, 3.05) is 18.9 Å². The molecule has 3 aromatic carbocycles. The second kappa shape index (κ2) is 10.3. The number of hydrogen-bond donors (Lipinski definition) is 1. The number of sulfonamides is 1. The van der Waals surface area contributed by atoms with Gasteiger partial charge in [-0.3, -0.25) is 4.72 Å². The van der Waals surface area contributed by atoms with Gasteiger partial charge in [0.2, 0.25) is 5.89 Å². The first kappa shape index (κ1) is 23.8. The Morgan fingerprint density at radius 2 is 1.66 bits per heavy atom. The Morgan fingerprint density at radius 3 is 2.40 bits per heavy atom. The predicted molar refractivity (Wildman–Crippen MR) is 128 cm³/mol. The molecule has 10 heteroatoms. The molecular formula is C25H22N2O7S. The van der Waals surface area contributed by atoms with E-state index in [1.54, 1.807) is 12.1 Å². The summed E-state index contributed by atoms with van der Waals surface area (Å²) in [5.41, 5.74) is 1.32. The molecular weight excluding hydrogens is 472 g/mol. The molecule has 4 rings (SSSR count). The Labute approximate surface area is 202 Å². The van der Waals surface area contributed by atoms with E-state index >= 15 is 0 Å². The fraction of sp³-hybridized carbons (Fsp3) is 0.120. The average Bonchev–Trinajstić information content (AvgIpc) is 3.36. The number of oxazole rings is 1. The number of rotatable bonds is 9. The first-order valence-electron chi connectivity index (χ1n) is 10.4. The molecule has 0 saturated heterocycles. The van der Waals surface area contributed by atoms with Gasteiger partial charge in [0.1, 0.15) is 18.6 Å². The van der Waals surface area contributed by atoms with Crippen molar-refractivity contribution in [2.24, 2.45) is 0 Å². The van der Waals surface area contributed by atoms with Gasteiger partial charge in [0, 0.05) is 11.6 Å². The number of methoxy groups -OCH3 is 2. The van der Waals surface area contributed by atoms with Gasteiger partial charge < -0.3 is 18.6 Å². The van der Waals surface area contributed by atoms with Gasteiger partial charge in [-0.1, -0.05) is 30.3 Å². The Kier molecular flexibility index (Phi) is 7.02. The van der Waals surface area contributed by atoms with E-state index in [0.29, 0.717) is 17.3 Å². The highest BCUT2D eigenvalue weighted by molar-refractivity contribution is 7.92. The number of carbonyl (C=O) groups is 1. The maximum absolute atomic E-state index is 13.0. The lowest BCUT2D eigenvalue weighted by Crippen LogP contribution is -2.16. The van der Waals surface area contributed by atoms with Crippen molar-refractivity contribution in [2.45, 2.75) is 11.5 Å². The number of esters is 1. The van der Waals surface area contributed by atoms with Crippen LogP contribution in [0.2, 0.25) is 0 Å². The van der Waals surface area contributed by atoms with Gasteiger partial charge in [-0.25, -0.2) is 18.2 Å². The predicted octanol–water partition coefficient (Wildman–Crippen LogP) is 4.52. The molecule has 4 aromatic rings. The van der Waals surface area contributed by atoms with Gasteiger partial charge in [0.05, 0.1) is 30.4 Å². The minimum atomic E-state index is -4.04. The maximum atomic E-state index is 13.0. The molecule has 35 heavy (non-hydrogen) atoms. The molecule has 9 nitrogen and oxygen atoms in total. The highest BCUT2D eigenvalue weighted by atomic mass is 32.2. The summed E-state index contributed by atoms with van der Waals surface area (Å²) in [6.07, 6.45) is 1.40. The summed E-state index contributed by atoms with van der Waals surface area (Å²) in [5.74, 6) is 0.323. The first-order chi connectivity index (χ1) is 16.9. The fourth-order valence-corrected chi connectivity index (χ4v) is 4.34. The fourth-order valence-electron chi connectivity index (χ4n) is 3.24. The maximum Gasteiger partial charge on any atom is 0.340 e. The van der Waals surface area contributed by atoms with Crippen molar-refractivity contribution in [3.63, 3.8) is 0 Å². The minimum absolute atomic E-state index is 0.0447. The Morgan fingerprint density at radius 1 is 0.943 bits per heavy atom. The standard InChI is InChI=1S/C25H22N2O7S/c1-31-22-13-12-19(14-23(22)32-2)35(29,30)27-21-11-7-6-10-20(21)25(28)34-16-18-15-33-24(26-18)17-8-4-3-5-9-17/h3-15,27H,16H2,1-2H3. The quantitative estimate of drug-likeness (QED) is 0.338. The van der Waals surface area contributed by atoms with Crippen molar-refractivity contribution in [1.82, 2.24) is 4.98 Å². The summed E-state index contributed by atoms with van der Waals surface area (Å²) < 4.78 is 49.5. The van der Waals surface area contributed by atoms with E-state index in [1.165, 1.54) is 50.8 Å². The highest BCUT2D eigenvalue weighted by Crippen LogP contribution is 2.30. The van der Waals surface area contributed by atoms with Crippen LogP contribution < -0.4 is 14.2 Å². The third kappa shape index (κ3) is 5.44. The molecule has 0 amide bonds. The summed E-state index contributed by atoms with van der Waals surface area (Å²) in [6, 6.07) is 19.6. The molecule has 0 unspecified atom stereocenters. The Hall–Kier alpha value is -4.31. The van der Waals surface area contributed by atoms with Gasteiger partial charge in [-0.2, -0.15) is 0 Å². The molecule has 180 valence electrons. The van der Waals surface area contributed by atoms with Gasteiger partial charge >= 0.3 is 5.97 Å². The van der Waals surface area contributed by atoms with Crippen LogP contribution in [0.25, 0.3) is 11.5 Å². The zero-order valence-electron chi connectivity index (χ0n) is 18.9. The lowest BCUT2D eigenvalue weighted by Gasteiger charge is -2.13. The monoisotopic (exact) mass is 494 g/mol. The molecule has 0 aliphatic rings. The number of ether oxygens (including phenoxy) is 3. The minimum Gasteiger partial charge on any atom is -0.493 e. The summed E-state index contributed by atoms with van der Waals surface area (Å²) in [4.78, 5) is 17.0. The van der Waals surface area contributed by atoms with Crippen molar-refractivity contribution in [1.29, 1.82) is 0 Å². The molecule has 1 heterocycles. The second-order valence-corrected chi connectivity index (χ2v) is 8.94. The topological polar surface area (TPSA) is 117 Å².